The van der Waals surface area contributed by atoms with Crippen molar-refractivity contribution in [2.45, 2.75) is 19.4 Å². The molecule has 0 spiro atoms. The molecular weight excluding hydrogens is 242 g/mol. The highest BCUT2D eigenvalue weighted by Crippen LogP contribution is 2.22. The van der Waals surface area contributed by atoms with Crippen LogP contribution in [0.25, 0.3) is 0 Å². The van der Waals surface area contributed by atoms with E-state index in [9.17, 15) is 14.4 Å². The summed E-state index contributed by atoms with van der Waals surface area (Å²) in [6.45, 7) is 3.09. The van der Waals surface area contributed by atoms with Crippen molar-refractivity contribution in [1.29, 1.82) is 0 Å². The summed E-state index contributed by atoms with van der Waals surface area (Å²) in [6, 6.07) is 0. The van der Waals surface area contributed by atoms with Crippen LogP contribution in [0.15, 0.2) is 11.7 Å². The van der Waals surface area contributed by atoms with E-state index < -0.39 is 17.4 Å². The van der Waals surface area contributed by atoms with Crippen LogP contribution < -0.4 is 5.32 Å². The van der Waals surface area contributed by atoms with E-state index in [0.717, 1.165) is 0 Å². The van der Waals surface area contributed by atoms with Crippen molar-refractivity contribution < 1.29 is 14.4 Å². The number of imide groups is 1. The molecule has 0 atom stereocenters. The van der Waals surface area contributed by atoms with Crippen LogP contribution in [0.3, 0.4) is 0 Å². The van der Waals surface area contributed by atoms with Crippen molar-refractivity contribution in [2.75, 3.05) is 6.54 Å². The Morgan fingerprint density at radius 2 is 2.24 bits per heavy atom. The minimum Gasteiger partial charge on any atom is -0.314 e. The number of hydrogen-bond donors (Lipinski definition) is 1. The maximum absolute atomic E-state index is 12.1. The monoisotopic (exact) mass is 253 g/mol. The van der Waals surface area contributed by atoms with Crippen LogP contribution in [-0.2, 0) is 9.59 Å². The molecule has 2 rings (SSSR count). The maximum Gasteiger partial charge on any atom is 0.266 e. The Hall–Kier alpha value is -1.76. The molecule has 1 saturated heterocycles. The molecule has 2 heterocycles. The largest absolute Gasteiger partial charge is 0.314 e. The molecule has 7 heteroatoms. The van der Waals surface area contributed by atoms with Crippen molar-refractivity contribution in [3.8, 4) is 0 Å². The molecule has 0 aliphatic carbocycles. The van der Waals surface area contributed by atoms with Gasteiger partial charge in [-0.1, -0.05) is 0 Å². The van der Waals surface area contributed by atoms with Crippen LogP contribution in [0.2, 0.25) is 0 Å². The average Bonchev–Trinajstić information content (AvgIpc) is 2.76. The van der Waals surface area contributed by atoms with Gasteiger partial charge in [0.15, 0.2) is 0 Å². The van der Waals surface area contributed by atoms with Crippen LogP contribution in [0.5, 0.6) is 0 Å². The fourth-order valence-corrected chi connectivity index (χ4v) is 2.13. The third-order valence-electron chi connectivity index (χ3n) is 2.67. The van der Waals surface area contributed by atoms with Gasteiger partial charge in [0, 0.05) is 0 Å². The topological polar surface area (TPSA) is 79.4 Å². The minimum atomic E-state index is -1.03. The Bertz CT molecular complexity index is 481. The Morgan fingerprint density at radius 3 is 2.82 bits per heavy atom. The summed E-state index contributed by atoms with van der Waals surface area (Å²) >= 11 is 1.18. The molecular formula is C10H11N3O3S. The molecule has 6 nitrogen and oxygen atoms in total. The maximum atomic E-state index is 12.1. The van der Waals surface area contributed by atoms with Gasteiger partial charge in [0.05, 0.1) is 11.7 Å². The molecule has 0 aromatic carbocycles. The van der Waals surface area contributed by atoms with E-state index in [-0.39, 0.29) is 12.5 Å². The number of nitrogens with one attached hydrogen (secondary N) is 1. The average molecular weight is 253 g/mol. The third kappa shape index (κ3) is 1.93. The quantitative estimate of drug-likeness (QED) is 0.716. The molecule has 90 valence electrons. The van der Waals surface area contributed by atoms with Crippen LogP contribution in [0.4, 0.5) is 0 Å². The highest BCUT2D eigenvalue weighted by Gasteiger charge is 2.43. The lowest BCUT2D eigenvalue weighted by molar-refractivity contribution is -0.143. The summed E-state index contributed by atoms with van der Waals surface area (Å²) in [5, 5.41) is 2.22. The first-order valence-corrected chi connectivity index (χ1v) is 5.85. The first-order chi connectivity index (χ1) is 7.93. The normalized spacial score (nSPS) is 19.1. The molecule has 0 radical (unpaired) electrons. The van der Waals surface area contributed by atoms with Crippen LogP contribution >= 0.6 is 11.3 Å². The van der Waals surface area contributed by atoms with E-state index in [1.165, 1.54) is 27.9 Å². The summed E-state index contributed by atoms with van der Waals surface area (Å²) < 4.78 is 0. The van der Waals surface area contributed by atoms with E-state index in [4.69, 9.17) is 0 Å². The highest BCUT2D eigenvalue weighted by molar-refractivity contribution is 7.11. The number of amides is 3. The van der Waals surface area contributed by atoms with Crippen molar-refractivity contribution in [1.82, 2.24) is 15.2 Å². The standard InChI is InChI=1S/C10H11N3O3S/c1-10(2)9(16)12-7(14)4-13(10)8(15)6-3-11-5-17-6/h3,5H,4H2,1-2H3,(H,12,14,16). The van der Waals surface area contributed by atoms with Crippen molar-refractivity contribution >= 4 is 29.1 Å². The number of hydrogen-bond acceptors (Lipinski definition) is 5. The van der Waals surface area contributed by atoms with E-state index in [2.05, 4.69) is 10.3 Å². The second kappa shape index (κ2) is 3.92. The Kier molecular flexibility index (Phi) is 2.70. The van der Waals surface area contributed by atoms with Crippen molar-refractivity contribution in [3.05, 3.63) is 16.6 Å². The zero-order valence-electron chi connectivity index (χ0n) is 9.39. The third-order valence-corrected chi connectivity index (χ3v) is 3.43. The predicted octanol–water partition coefficient (Wildman–Crippen LogP) is 0.0203. The number of nitrogens with zero attached hydrogens (tertiary/aromatic N) is 2. The first kappa shape index (κ1) is 11.7. The Balaban J connectivity index is 2.33. The lowest BCUT2D eigenvalue weighted by atomic mass is 9.98. The van der Waals surface area contributed by atoms with Gasteiger partial charge >= 0.3 is 0 Å². The van der Waals surface area contributed by atoms with Gasteiger partial charge in [-0.25, -0.2) is 0 Å². The number of thiazole rings is 1. The lowest BCUT2D eigenvalue weighted by Crippen LogP contribution is -2.65. The van der Waals surface area contributed by atoms with Crippen LogP contribution in [-0.4, -0.2) is 39.7 Å². The summed E-state index contributed by atoms with van der Waals surface area (Å²) in [7, 11) is 0. The van der Waals surface area contributed by atoms with E-state index in [1.54, 1.807) is 13.8 Å². The summed E-state index contributed by atoms with van der Waals surface area (Å²) in [5.74, 6) is -1.28. The van der Waals surface area contributed by atoms with E-state index in [0.29, 0.717) is 4.88 Å². The van der Waals surface area contributed by atoms with E-state index >= 15 is 0 Å². The lowest BCUT2D eigenvalue weighted by Gasteiger charge is -2.39. The first-order valence-electron chi connectivity index (χ1n) is 4.97. The number of aromatic nitrogens is 1. The molecule has 0 unspecified atom stereocenters. The number of carbonyl (C=O) groups is 3. The van der Waals surface area contributed by atoms with Gasteiger partial charge in [-0.3, -0.25) is 24.7 Å². The van der Waals surface area contributed by atoms with Crippen molar-refractivity contribution in [3.63, 3.8) is 0 Å². The number of piperazine rings is 1. The van der Waals surface area contributed by atoms with Gasteiger partial charge in [-0.2, -0.15) is 0 Å². The number of rotatable bonds is 1. The van der Waals surface area contributed by atoms with Gasteiger partial charge in [-0.05, 0) is 13.8 Å². The zero-order chi connectivity index (χ0) is 12.6. The molecule has 1 N–H and O–H groups in total. The van der Waals surface area contributed by atoms with Crippen molar-refractivity contribution in [2.24, 2.45) is 0 Å². The molecule has 1 aromatic rings. The predicted molar refractivity (Wildman–Crippen MR) is 60.4 cm³/mol. The second-order valence-electron chi connectivity index (χ2n) is 4.19. The van der Waals surface area contributed by atoms with Gasteiger partial charge in [0.1, 0.15) is 17.0 Å². The SMILES string of the molecule is CC1(C)C(=O)NC(=O)CN1C(=O)c1cncs1. The van der Waals surface area contributed by atoms with Gasteiger partial charge in [0.25, 0.3) is 11.8 Å². The summed E-state index contributed by atoms with van der Waals surface area (Å²) in [5.41, 5.74) is 0.501. The van der Waals surface area contributed by atoms with Gasteiger partial charge in [0.2, 0.25) is 5.91 Å². The van der Waals surface area contributed by atoms with Crippen LogP contribution in [0.1, 0.15) is 23.5 Å². The molecule has 1 aliphatic rings. The zero-order valence-corrected chi connectivity index (χ0v) is 10.2. The van der Waals surface area contributed by atoms with Gasteiger partial charge in [-0.15, -0.1) is 11.3 Å². The molecule has 1 aromatic heterocycles. The summed E-state index contributed by atoms with van der Waals surface area (Å²) in [4.78, 5) is 40.6. The van der Waals surface area contributed by atoms with Crippen LogP contribution in [0, 0.1) is 0 Å². The second-order valence-corrected chi connectivity index (χ2v) is 5.08. The minimum absolute atomic E-state index is 0.116. The molecule has 0 bridgehead atoms. The molecule has 3 amide bonds. The molecule has 1 aliphatic heterocycles. The Morgan fingerprint density at radius 1 is 1.53 bits per heavy atom. The molecule has 1 fully saturated rings. The Labute approximate surface area is 102 Å². The fraction of sp³-hybridized carbons (Fsp3) is 0.400. The van der Waals surface area contributed by atoms with E-state index in [1.807, 2.05) is 0 Å². The van der Waals surface area contributed by atoms with Gasteiger partial charge < -0.3 is 4.90 Å². The fourth-order valence-electron chi connectivity index (χ4n) is 1.56. The molecule has 0 saturated carbocycles. The number of carbonyl (C=O) groups excluding carboxylic acids is 3. The smallest absolute Gasteiger partial charge is 0.266 e. The molecule has 17 heavy (non-hydrogen) atoms. The summed E-state index contributed by atoms with van der Waals surface area (Å²) in [6.07, 6.45) is 1.43. The highest BCUT2D eigenvalue weighted by atomic mass is 32.1.